The second-order valence-electron chi connectivity index (χ2n) is 29.7. The van der Waals surface area contributed by atoms with E-state index in [0.717, 1.165) is 4.90 Å². The molecule has 0 radical (unpaired) electrons. The van der Waals surface area contributed by atoms with Gasteiger partial charge in [-0.05, 0) is 77.8 Å². The number of aliphatic carboxylic acids is 1. The van der Waals surface area contributed by atoms with Gasteiger partial charge in [-0.1, -0.05) is 74.3 Å². The number of nitrogens with zero attached hydrogens (tertiary/aromatic N) is 1. The van der Waals surface area contributed by atoms with Gasteiger partial charge in [0.2, 0.25) is 53.2 Å². The van der Waals surface area contributed by atoms with Crippen LogP contribution < -0.4 is 47.9 Å². The number of Topliss-reactive ketones (excluding diaryl/α,β-unsaturated/α-hetero) is 5. The van der Waals surface area contributed by atoms with E-state index in [4.69, 9.17) is 9.47 Å². The molecule has 0 aliphatic carbocycles. The summed E-state index contributed by atoms with van der Waals surface area (Å²) >= 11 is 0. The first-order valence-corrected chi connectivity index (χ1v) is 38.9. The first kappa shape index (κ1) is 90.4. The molecule has 35 heteroatoms. The number of ketones is 5. The Hall–Kier alpha value is -9.47. The van der Waals surface area contributed by atoms with Crippen LogP contribution in [0, 0.1) is 53.3 Å². The highest BCUT2D eigenvalue weighted by molar-refractivity contribution is 7.85. The van der Waals surface area contributed by atoms with E-state index in [9.17, 15) is 82.8 Å². The SMILES string of the molecule is C=C1C#CC(=O)NCCOCCC(=O)CC(C(C)C)C(=O)NC(C)C(=O)Cc2cc3[nH]c4c(c3cc2CC(=O)C(C)CC(=O)C(C(C)C)NC(=O)CCOCCC1)C[C@H]1NC(=O)[C@H](C(C)C(O)CO)NC(=O)[C@@H]2C[C@H](O)CN2C(=O)[C@H](CC(=O)O)CC(=O)[C@H](CS4=O)NC(=O)CNC(=O)[C@H]([C@@H](C)CC)NC(=O)CNC1=O. The minimum absolute atomic E-state index is 0.00470. The normalized spacial score (nSPS) is 27.7. The van der Waals surface area contributed by atoms with Gasteiger partial charge < -0.3 is 87.6 Å². The highest BCUT2D eigenvalue weighted by atomic mass is 32.2. The summed E-state index contributed by atoms with van der Waals surface area (Å²) in [6.07, 6.45) is -7.66. The summed E-state index contributed by atoms with van der Waals surface area (Å²) in [7, 11) is -2.68. The van der Waals surface area contributed by atoms with Crippen LogP contribution in [0.3, 0.4) is 0 Å². The zero-order valence-electron chi connectivity index (χ0n) is 64.3. The van der Waals surface area contributed by atoms with Crippen molar-refractivity contribution in [3.63, 3.8) is 0 Å². The van der Waals surface area contributed by atoms with E-state index in [2.05, 4.69) is 71.3 Å². The number of carbonyl (C=O) groups is 16. The number of H-pyrrole nitrogens is 1. The van der Waals surface area contributed by atoms with Crippen LogP contribution in [0.4, 0.5) is 0 Å². The molecule has 111 heavy (non-hydrogen) atoms. The molecule has 4 aliphatic heterocycles. The molecule has 6 rings (SSSR count). The Morgan fingerprint density at radius 2 is 1.31 bits per heavy atom. The molecule has 34 nitrogen and oxygen atoms in total. The number of carboxylic acid groups (broad SMARTS) is 1. The van der Waals surface area contributed by atoms with Gasteiger partial charge in [0.15, 0.2) is 17.3 Å². The van der Waals surface area contributed by atoms with Crippen LogP contribution in [0.1, 0.15) is 143 Å². The molecule has 7 unspecified atom stereocenters. The highest BCUT2D eigenvalue weighted by Gasteiger charge is 2.46. The Morgan fingerprint density at radius 3 is 1.97 bits per heavy atom. The summed E-state index contributed by atoms with van der Waals surface area (Å²) in [6.45, 7) is 14.9. The fourth-order valence-electron chi connectivity index (χ4n) is 13.3. The molecule has 2 bridgehead atoms. The molecule has 2 aromatic rings. The summed E-state index contributed by atoms with van der Waals surface area (Å²) in [5.41, 5.74) is 0.442. The fourth-order valence-corrected chi connectivity index (χ4v) is 14.8. The van der Waals surface area contributed by atoms with Crippen molar-refractivity contribution in [1.82, 2.24) is 57.7 Å². The van der Waals surface area contributed by atoms with Crippen molar-refractivity contribution >= 4 is 116 Å². The van der Waals surface area contributed by atoms with Gasteiger partial charge in [-0.15, -0.1) is 0 Å². The average molecular weight is 1570 g/mol. The number of aromatic amines is 1. The fraction of sp³-hybridized carbons (Fsp3) is 0.632. The number of ether oxygens (including phenoxy) is 2. The predicted octanol–water partition coefficient (Wildman–Crippen LogP) is -1.96. The zero-order valence-corrected chi connectivity index (χ0v) is 65.1. The lowest BCUT2D eigenvalue weighted by Gasteiger charge is -2.32. The van der Waals surface area contributed by atoms with Crippen LogP contribution in [0.25, 0.3) is 10.9 Å². The molecule has 1 saturated heterocycles. The van der Waals surface area contributed by atoms with Crippen molar-refractivity contribution in [2.24, 2.45) is 41.4 Å². The number of nitrogens with one attached hydrogen (secondary N) is 10. The van der Waals surface area contributed by atoms with Crippen LogP contribution >= 0.6 is 0 Å². The summed E-state index contributed by atoms with van der Waals surface area (Å²) in [5.74, 6) is -17.1. The number of benzene rings is 1. The molecule has 1 fully saturated rings. The lowest BCUT2D eigenvalue weighted by molar-refractivity contribution is -0.148. The van der Waals surface area contributed by atoms with Gasteiger partial charge in [0, 0.05) is 106 Å². The van der Waals surface area contributed by atoms with Crippen molar-refractivity contribution in [3.05, 3.63) is 41.0 Å². The Morgan fingerprint density at radius 1 is 0.658 bits per heavy atom. The van der Waals surface area contributed by atoms with Gasteiger partial charge in [-0.2, -0.15) is 0 Å². The third-order valence-electron chi connectivity index (χ3n) is 20.3. The van der Waals surface area contributed by atoms with Crippen LogP contribution in [0.2, 0.25) is 0 Å². The number of aromatic nitrogens is 1. The van der Waals surface area contributed by atoms with Crippen LogP contribution in [-0.2, 0) is 116 Å². The molecule has 1 aromatic heterocycles. The van der Waals surface area contributed by atoms with Crippen molar-refractivity contribution in [2.75, 3.05) is 65.0 Å². The minimum Gasteiger partial charge on any atom is -0.481 e. The molecule has 610 valence electrons. The molecule has 4 aliphatic rings. The Balaban J connectivity index is 1.57. The van der Waals surface area contributed by atoms with Crippen LogP contribution in [0.15, 0.2) is 29.3 Å². The van der Waals surface area contributed by atoms with Crippen LogP contribution in [0.5, 0.6) is 0 Å². The van der Waals surface area contributed by atoms with E-state index in [-0.39, 0.29) is 97.1 Å². The molecule has 10 amide bonds. The lowest BCUT2D eigenvalue weighted by atomic mass is 9.87. The van der Waals surface area contributed by atoms with E-state index in [1.54, 1.807) is 41.5 Å². The number of rotatable bonds is 9. The van der Waals surface area contributed by atoms with E-state index < -0.39 is 272 Å². The maximum Gasteiger partial charge on any atom is 0.304 e. The van der Waals surface area contributed by atoms with Gasteiger partial charge in [-0.3, -0.25) is 80.9 Å². The number of hydrogen-bond acceptors (Lipinski definition) is 22. The molecular weight excluding hydrogens is 1470 g/mol. The van der Waals surface area contributed by atoms with E-state index >= 15 is 18.6 Å². The molecule has 5 heterocycles. The minimum atomic E-state index is -2.68. The second-order valence-corrected chi connectivity index (χ2v) is 31.2. The largest absolute Gasteiger partial charge is 0.481 e. The number of aliphatic hydroxyl groups is 3. The topological polar surface area (TPSA) is 517 Å². The van der Waals surface area contributed by atoms with Crippen molar-refractivity contribution in [3.8, 4) is 11.8 Å². The molecule has 0 saturated carbocycles. The van der Waals surface area contributed by atoms with Crippen molar-refractivity contribution < 1.29 is 111 Å². The lowest BCUT2D eigenvalue weighted by Crippen LogP contribution is -2.61. The maximum absolute atomic E-state index is 15.8. The Bertz CT molecular complexity index is 3940. The summed E-state index contributed by atoms with van der Waals surface area (Å²) in [4.78, 5) is 231. The number of aliphatic hydroxyl groups excluding tert-OH is 3. The number of carboxylic acids is 1. The summed E-state index contributed by atoms with van der Waals surface area (Å²) < 4.78 is 27.0. The third-order valence-corrected chi connectivity index (χ3v) is 21.8. The van der Waals surface area contributed by atoms with Gasteiger partial charge in [0.1, 0.15) is 40.8 Å². The van der Waals surface area contributed by atoms with E-state index in [0.29, 0.717) is 18.4 Å². The van der Waals surface area contributed by atoms with Gasteiger partial charge >= 0.3 is 5.97 Å². The summed E-state index contributed by atoms with van der Waals surface area (Å²) in [6, 6.07) is -8.57. The monoisotopic (exact) mass is 1570 g/mol. The van der Waals surface area contributed by atoms with E-state index in [1.807, 2.05) is 0 Å². The number of fused-ring (bicyclic) bond motifs is 6. The number of carbonyl (C=O) groups excluding carboxylic acids is 15. The standard InChI is InChI=1S/C76H107N11O23S/c1-11-41(7)68-73(105)79-33-64(98)81-55-37-111(108)75-52(32-54(71(103)78-34-65(99)85-68)82-74(106)69(43(9)61(95)36-88)86-72(104)56-31-49(90)35-87(56)76(107)47(28-59(55)93)29-66(100)101)51-24-45-26-57(91)42(8)23-60(94)67(39(4)5)84-63(97)17-21-109-19-12-13-40(6)14-15-62(96)77-18-22-110-20-16-48(89)30-50(38(2)3)70(102)80-44(10)58(92)27-46(45)25-53(51)83-75/h24-25,38-39,41-44,47,49-50,54-56,61,67-69,83,88,90,95H,6,11-13,16-23,26-37H2,1-5,7-10H3,(H,77,96)(H,78,103)(H,79,105)(H,80,102)(H,81,98)(H,82,106)(H,84,97)(H,85,99)(H,86,104)(H,100,101)/t41-,42?,43?,44?,47-,49-,50?,54+,55-,56-,61?,67?,68-,69-,111?/m0/s1. The van der Waals surface area contributed by atoms with Gasteiger partial charge in [0.25, 0.3) is 5.91 Å². The maximum atomic E-state index is 15.8. The second kappa shape index (κ2) is 42.8. The Labute approximate surface area is 645 Å². The molecule has 0 spiro atoms. The van der Waals surface area contributed by atoms with Crippen molar-refractivity contribution in [2.45, 2.75) is 205 Å². The highest BCUT2D eigenvalue weighted by Crippen LogP contribution is 2.33. The molecular formula is C76H107N11O23S. The number of hydrogen-bond donors (Lipinski definition) is 14. The summed E-state index contributed by atoms with van der Waals surface area (Å²) in [5, 5.41) is 65.3. The molecule has 1 aromatic carbocycles. The molecule has 15 atom stereocenters. The molecule has 14 N–H and O–H groups in total. The Kier molecular flexibility index (Phi) is 34.9. The van der Waals surface area contributed by atoms with Gasteiger partial charge in [-0.25, -0.2) is 0 Å². The average Bonchev–Trinajstić information content (AvgIpc) is 1.62. The number of amides is 10. The smallest absolute Gasteiger partial charge is 0.304 e. The van der Waals surface area contributed by atoms with E-state index in [1.165, 1.54) is 32.9 Å². The first-order chi connectivity index (χ1) is 52.4. The zero-order chi connectivity index (χ0) is 82.2. The van der Waals surface area contributed by atoms with Crippen molar-refractivity contribution in [1.29, 1.82) is 0 Å². The number of allylic oxidation sites excluding steroid dienone is 1. The third kappa shape index (κ3) is 26.6. The first-order valence-electron chi connectivity index (χ1n) is 37.6. The van der Waals surface area contributed by atoms with Crippen LogP contribution in [-0.4, -0.2) is 248 Å². The van der Waals surface area contributed by atoms with Gasteiger partial charge in [0.05, 0.1) is 98.7 Å². The quantitative estimate of drug-likeness (QED) is 0.121. The predicted molar refractivity (Wildman–Crippen MR) is 399 cm³/mol.